The Labute approximate surface area is 130 Å². The number of aromatic nitrogens is 2. The fourth-order valence-corrected chi connectivity index (χ4v) is 1.82. The van der Waals surface area contributed by atoms with Crippen LogP contribution >= 0.6 is 0 Å². The van der Waals surface area contributed by atoms with Gasteiger partial charge in [0.1, 0.15) is 23.7 Å². The Hall–Kier alpha value is -2.84. The van der Waals surface area contributed by atoms with E-state index in [1.54, 1.807) is 0 Å². The van der Waals surface area contributed by atoms with E-state index in [1.807, 2.05) is 6.92 Å². The van der Waals surface area contributed by atoms with Gasteiger partial charge in [-0.25, -0.2) is 9.97 Å². The van der Waals surface area contributed by atoms with Gasteiger partial charge in [0.25, 0.3) is 0 Å². The maximum absolute atomic E-state index is 12.1. The third-order valence-electron chi connectivity index (χ3n) is 2.72. The van der Waals surface area contributed by atoms with E-state index in [4.69, 9.17) is 5.41 Å². The Morgan fingerprint density at radius 1 is 1.17 bits per heavy atom. The molecule has 0 bridgehead atoms. The molecule has 0 radical (unpaired) electrons. The average molecular weight is 325 g/mol. The maximum Gasteiger partial charge on any atom is 0.573 e. The summed E-state index contributed by atoms with van der Waals surface area (Å²) in [5.74, 6) is 0.554. The summed E-state index contributed by atoms with van der Waals surface area (Å²) in [4.78, 5) is 8.08. The minimum absolute atomic E-state index is 0.314. The molecule has 1 aromatic heterocycles. The second-order valence-corrected chi connectivity index (χ2v) is 4.36. The van der Waals surface area contributed by atoms with Crippen molar-refractivity contribution < 1.29 is 17.9 Å². The molecule has 2 rings (SSSR count). The van der Waals surface area contributed by atoms with Gasteiger partial charge in [-0.15, -0.1) is 13.2 Å². The number of benzene rings is 1. The number of rotatable bonds is 6. The highest BCUT2D eigenvalue weighted by Gasteiger charge is 2.30. The van der Waals surface area contributed by atoms with E-state index in [1.165, 1.54) is 30.6 Å². The number of nitrogens with one attached hydrogen (secondary N) is 3. The molecule has 0 aliphatic heterocycles. The normalized spacial score (nSPS) is 11.0. The second-order valence-electron chi connectivity index (χ2n) is 4.36. The van der Waals surface area contributed by atoms with Crippen LogP contribution in [0.1, 0.15) is 12.5 Å². The first-order valence-corrected chi connectivity index (χ1v) is 6.65. The van der Waals surface area contributed by atoms with Gasteiger partial charge in [0.15, 0.2) is 0 Å². The Bertz CT molecular complexity index is 673. The van der Waals surface area contributed by atoms with Gasteiger partial charge in [0.05, 0.1) is 5.56 Å². The Morgan fingerprint density at radius 3 is 2.39 bits per heavy atom. The fraction of sp³-hybridized carbons (Fsp3) is 0.214. The molecule has 0 saturated heterocycles. The molecular formula is C14H14F3N5O. The summed E-state index contributed by atoms with van der Waals surface area (Å²) in [5.41, 5.74) is 0.953. The highest BCUT2D eigenvalue weighted by atomic mass is 19.4. The predicted octanol–water partition coefficient (Wildman–Crippen LogP) is 3.55. The third kappa shape index (κ3) is 4.56. The third-order valence-corrected chi connectivity index (χ3v) is 2.72. The van der Waals surface area contributed by atoms with Crippen LogP contribution in [0.2, 0.25) is 0 Å². The summed E-state index contributed by atoms with van der Waals surface area (Å²) in [7, 11) is 0. The van der Waals surface area contributed by atoms with Gasteiger partial charge < -0.3 is 20.8 Å². The lowest BCUT2D eigenvalue weighted by Crippen LogP contribution is -2.17. The van der Waals surface area contributed by atoms with Crippen LogP contribution in [0, 0.1) is 5.41 Å². The smallest absolute Gasteiger partial charge is 0.406 e. The number of hydrogen-bond acceptors (Lipinski definition) is 6. The Kier molecular flexibility index (Phi) is 4.99. The molecule has 6 nitrogen and oxygen atoms in total. The average Bonchev–Trinajstić information content (AvgIpc) is 2.48. The zero-order valence-electron chi connectivity index (χ0n) is 12.1. The van der Waals surface area contributed by atoms with E-state index >= 15 is 0 Å². The molecule has 122 valence electrons. The van der Waals surface area contributed by atoms with Crippen LogP contribution in [0.15, 0.2) is 30.6 Å². The lowest BCUT2D eigenvalue weighted by atomic mass is 10.2. The first-order chi connectivity index (χ1) is 10.9. The van der Waals surface area contributed by atoms with Gasteiger partial charge in [-0.1, -0.05) is 0 Å². The van der Waals surface area contributed by atoms with Crippen LogP contribution in [-0.2, 0) is 0 Å². The van der Waals surface area contributed by atoms with Crippen molar-refractivity contribution in [3.63, 3.8) is 0 Å². The Balaban J connectivity index is 2.19. The van der Waals surface area contributed by atoms with Gasteiger partial charge in [-0.2, -0.15) is 0 Å². The number of hydrogen-bond donors (Lipinski definition) is 3. The molecule has 0 fully saturated rings. The topological polar surface area (TPSA) is 82.9 Å². The van der Waals surface area contributed by atoms with E-state index in [0.29, 0.717) is 29.4 Å². The van der Waals surface area contributed by atoms with E-state index < -0.39 is 6.36 Å². The van der Waals surface area contributed by atoms with E-state index in [0.717, 1.165) is 6.21 Å². The van der Waals surface area contributed by atoms with Gasteiger partial charge >= 0.3 is 6.36 Å². The molecular weight excluding hydrogens is 311 g/mol. The predicted molar refractivity (Wildman–Crippen MR) is 80.5 cm³/mol. The van der Waals surface area contributed by atoms with Crippen molar-refractivity contribution in [2.24, 2.45) is 0 Å². The molecule has 0 atom stereocenters. The summed E-state index contributed by atoms with van der Waals surface area (Å²) < 4.78 is 40.2. The molecule has 3 N–H and O–H groups in total. The summed E-state index contributed by atoms with van der Waals surface area (Å²) in [6, 6.07) is 5.21. The van der Waals surface area contributed by atoms with Crippen molar-refractivity contribution in [3.8, 4) is 5.75 Å². The van der Waals surface area contributed by atoms with Crippen LogP contribution in [-0.4, -0.2) is 29.1 Å². The van der Waals surface area contributed by atoms with Crippen LogP contribution in [0.5, 0.6) is 5.75 Å². The summed E-state index contributed by atoms with van der Waals surface area (Å²) in [6.07, 6.45) is -2.30. The summed E-state index contributed by atoms with van der Waals surface area (Å²) >= 11 is 0. The van der Waals surface area contributed by atoms with Crippen molar-refractivity contribution in [1.82, 2.24) is 9.97 Å². The number of anilines is 3. The number of ether oxygens (including phenoxy) is 1. The molecule has 0 unspecified atom stereocenters. The van der Waals surface area contributed by atoms with Gasteiger partial charge in [0.2, 0.25) is 0 Å². The monoisotopic (exact) mass is 325 g/mol. The first-order valence-electron chi connectivity index (χ1n) is 6.65. The summed E-state index contributed by atoms with van der Waals surface area (Å²) in [5, 5.41) is 13.4. The molecule has 1 aromatic carbocycles. The van der Waals surface area contributed by atoms with E-state index in [9.17, 15) is 13.2 Å². The number of alkyl halides is 3. The largest absolute Gasteiger partial charge is 0.573 e. The lowest BCUT2D eigenvalue weighted by Gasteiger charge is -2.13. The number of nitrogens with zero attached hydrogens (tertiary/aromatic N) is 2. The van der Waals surface area contributed by atoms with Crippen LogP contribution in [0.3, 0.4) is 0 Å². The molecule has 2 aromatic rings. The highest BCUT2D eigenvalue weighted by molar-refractivity contribution is 5.91. The highest BCUT2D eigenvalue weighted by Crippen LogP contribution is 2.26. The zero-order chi connectivity index (χ0) is 16.9. The zero-order valence-corrected chi connectivity index (χ0v) is 12.1. The fourth-order valence-electron chi connectivity index (χ4n) is 1.82. The first kappa shape index (κ1) is 16.5. The summed E-state index contributed by atoms with van der Waals surface area (Å²) in [6.45, 7) is 2.52. The van der Waals surface area contributed by atoms with Gasteiger partial charge in [0, 0.05) is 18.4 Å². The molecule has 0 amide bonds. The van der Waals surface area contributed by atoms with Gasteiger partial charge in [-0.05, 0) is 31.2 Å². The minimum atomic E-state index is -4.73. The van der Waals surface area contributed by atoms with Crippen LogP contribution < -0.4 is 15.4 Å². The minimum Gasteiger partial charge on any atom is -0.406 e. The molecule has 0 aliphatic carbocycles. The molecule has 0 saturated carbocycles. The molecule has 0 spiro atoms. The van der Waals surface area contributed by atoms with E-state index in [2.05, 4.69) is 25.3 Å². The molecule has 23 heavy (non-hydrogen) atoms. The van der Waals surface area contributed by atoms with Crippen LogP contribution in [0.4, 0.5) is 30.5 Å². The second kappa shape index (κ2) is 6.95. The molecule has 9 heteroatoms. The maximum atomic E-state index is 12.1. The van der Waals surface area contributed by atoms with Crippen molar-refractivity contribution in [3.05, 3.63) is 36.2 Å². The van der Waals surface area contributed by atoms with Gasteiger partial charge in [-0.3, -0.25) is 0 Å². The van der Waals surface area contributed by atoms with Crippen molar-refractivity contribution in [2.75, 3.05) is 17.2 Å². The Morgan fingerprint density at radius 2 is 1.83 bits per heavy atom. The molecule has 0 aliphatic rings. The number of halogens is 3. The standard InChI is InChI=1S/C14H14F3N5O/c1-2-19-12-11(7-18)13(21-8-20-12)22-9-3-5-10(6-4-9)23-14(15,16)17/h3-8,18H,2H2,1H3,(H2,19,20,21,22). The van der Waals surface area contributed by atoms with E-state index in [-0.39, 0.29) is 5.75 Å². The van der Waals surface area contributed by atoms with Crippen molar-refractivity contribution in [1.29, 1.82) is 5.41 Å². The molecule has 1 heterocycles. The SMILES string of the molecule is CCNc1ncnc(Nc2ccc(OC(F)(F)F)cc2)c1C=N. The van der Waals surface area contributed by atoms with Crippen molar-refractivity contribution >= 4 is 23.5 Å². The lowest BCUT2D eigenvalue weighted by molar-refractivity contribution is -0.274. The van der Waals surface area contributed by atoms with Crippen LogP contribution in [0.25, 0.3) is 0 Å². The van der Waals surface area contributed by atoms with Crippen molar-refractivity contribution in [2.45, 2.75) is 13.3 Å². The quantitative estimate of drug-likeness (QED) is 0.708.